The lowest BCUT2D eigenvalue weighted by molar-refractivity contribution is 0.562. The van der Waals surface area contributed by atoms with Crippen molar-refractivity contribution < 1.29 is 0 Å². The molecule has 0 aliphatic heterocycles. The second kappa shape index (κ2) is 5.11. The highest BCUT2D eigenvalue weighted by Gasteiger charge is 2.41. The first-order valence-electron chi connectivity index (χ1n) is 5.70. The predicted molar refractivity (Wildman–Crippen MR) is 76.0 cm³/mol. The minimum Gasteiger partial charge on any atom is -0.309 e. The Hall–Kier alpha value is 0.01000. The molecule has 1 atom stereocenters. The molecule has 0 aromatic heterocycles. The average Bonchev–Trinajstić information content (AvgIpc) is 3.07. The van der Waals surface area contributed by atoms with E-state index in [1.54, 1.807) is 0 Å². The third kappa shape index (κ3) is 2.82. The average molecular weight is 300 g/mol. The third-order valence-corrected chi connectivity index (χ3v) is 5.48. The Balaban J connectivity index is 1.93. The van der Waals surface area contributed by atoms with E-state index in [1.165, 1.54) is 22.9 Å². The number of benzene rings is 1. The zero-order valence-electron chi connectivity index (χ0n) is 9.79. The van der Waals surface area contributed by atoms with Crippen LogP contribution in [-0.4, -0.2) is 17.5 Å². The minimum atomic E-state index is 0.417. The summed E-state index contributed by atoms with van der Waals surface area (Å²) < 4.78 is 1.74. The Kier molecular flexibility index (Phi) is 3.98. The molecule has 1 nitrogen and oxygen atoms in total. The molecule has 0 radical (unpaired) electrons. The van der Waals surface area contributed by atoms with Crippen LogP contribution in [0.4, 0.5) is 0 Å². The van der Waals surface area contributed by atoms with Gasteiger partial charge < -0.3 is 5.32 Å². The number of rotatable bonds is 5. The molecule has 1 unspecified atom stereocenters. The number of hydrogen-bond acceptors (Lipinski definition) is 2. The van der Waals surface area contributed by atoms with Crippen LogP contribution in [0, 0.1) is 0 Å². The molecule has 3 heteroatoms. The first kappa shape index (κ1) is 12.5. The zero-order chi connectivity index (χ0) is 11.6. The maximum absolute atomic E-state index is 3.64. The highest BCUT2D eigenvalue weighted by molar-refractivity contribution is 9.10. The summed E-state index contributed by atoms with van der Waals surface area (Å²) in [6.07, 6.45) is 4.95. The molecule has 0 bridgehead atoms. The molecule has 1 aromatic carbocycles. The molecule has 0 amide bonds. The Morgan fingerprint density at radius 2 is 2.12 bits per heavy atom. The van der Waals surface area contributed by atoms with Crippen LogP contribution in [0.1, 0.15) is 31.4 Å². The van der Waals surface area contributed by atoms with E-state index in [0.29, 0.717) is 10.8 Å². The molecule has 16 heavy (non-hydrogen) atoms. The van der Waals surface area contributed by atoms with E-state index in [4.69, 9.17) is 0 Å². The van der Waals surface area contributed by atoms with Crippen LogP contribution in [0.2, 0.25) is 0 Å². The van der Waals surface area contributed by atoms with E-state index >= 15 is 0 Å². The molecule has 1 N–H and O–H groups in total. The van der Waals surface area contributed by atoms with Gasteiger partial charge in [-0.05, 0) is 37.7 Å². The summed E-state index contributed by atoms with van der Waals surface area (Å²) in [4.78, 5) is 0. The monoisotopic (exact) mass is 299 g/mol. The fraction of sp³-hybridized carbons (Fsp3) is 0.538. The van der Waals surface area contributed by atoms with Gasteiger partial charge in [0, 0.05) is 21.8 Å². The summed E-state index contributed by atoms with van der Waals surface area (Å²) in [5.74, 6) is 0. The van der Waals surface area contributed by atoms with Gasteiger partial charge in [0.2, 0.25) is 0 Å². The van der Waals surface area contributed by atoms with Crippen molar-refractivity contribution in [1.82, 2.24) is 5.32 Å². The maximum Gasteiger partial charge on any atom is 0.0303 e. The number of halogens is 1. The Morgan fingerprint density at radius 1 is 1.44 bits per heavy atom. The molecular weight excluding hydrogens is 282 g/mol. The van der Waals surface area contributed by atoms with Gasteiger partial charge in [-0.15, -0.1) is 0 Å². The van der Waals surface area contributed by atoms with Gasteiger partial charge >= 0.3 is 0 Å². The predicted octanol–water partition coefficient (Wildman–Crippen LogP) is 4.00. The van der Waals surface area contributed by atoms with Crippen LogP contribution in [-0.2, 0) is 0 Å². The Labute approximate surface area is 111 Å². The van der Waals surface area contributed by atoms with Crippen LogP contribution in [0.25, 0.3) is 0 Å². The molecule has 0 saturated heterocycles. The normalized spacial score (nSPS) is 19.4. The summed E-state index contributed by atoms with van der Waals surface area (Å²) in [5.41, 5.74) is 1.35. The van der Waals surface area contributed by atoms with Crippen molar-refractivity contribution in [3.63, 3.8) is 0 Å². The molecule has 0 spiro atoms. The highest BCUT2D eigenvalue weighted by atomic mass is 79.9. The summed E-state index contributed by atoms with van der Waals surface area (Å²) in [7, 11) is 0. The van der Waals surface area contributed by atoms with Crippen molar-refractivity contribution in [3.05, 3.63) is 34.3 Å². The fourth-order valence-electron chi connectivity index (χ4n) is 1.87. The van der Waals surface area contributed by atoms with Gasteiger partial charge in [-0.2, -0.15) is 11.8 Å². The molecule has 2 rings (SSSR count). The van der Waals surface area contributed by atoms with Gasteiger partial charge in [0.15, 0.2) is 0 Å². The topological polar surface area (TPSA) is 12.0 Å². The van der Waals surface area contributed by atoms with Crippen molar-refractivity contribution >= 4 is 27.7 Å². The van der Waals surface area contributed by atoms with E-state index in [9.17, 15) is 0 Å². The fourth-order valence-corrected chi connectivity index (χ4v) is 3.23. The van der Waals surface area contributed by atoms with Gasteiger partial charge in [0.05, 0.1) is 0 Å². The van der Waals surface area contributed by atoms with Crippen LogP contribution in [0.5, 0.6) is 0 Å². The Bertz CT molecular complexity index is 363. The van der Waals surface area contributed by atoms with Crippen LogP contribution in [0.15, 0.2) is 28.7 Å². The summed E-state index contributed by atoms with van der Waals surface area (Å²) >= 11 is 5.61. The third-order valence-electron chi connectivity index (χ3n) is 3.34. The summed E-state index contributed by atoms with van der Waals surface area (Å²) in [6, 6.07) is 8.86. The zero-order valence-corrected chi connectivity index (χ0v) is 12.2. The first-order valence-corrected chi connectivity index (χ1v) is 7.72. The number of thioether (sulfide) groups is 1. The SMILES string of the molecule is CSC1(CNC(C)c2ccccc2Br)CC1. The summed E-state index contributed by atoms with van der Waals surface area (Å²) in [6.45, 7) is 3.35. The number of nitrogens with one attached hydrogen (secondary N) is 1. The van der Waals surface area contributed by atoms with Crippen molar-refractivity contribution in [1.29, 1.82) is 0 Å². The molecule has 1 saturated carbocycles. The standard InChI is InChI=1S/C13H18BrNS/c1-10(11-5-3-4-6-12(11)14)15-9-13(16-2)7-8-13/h3-6,10,15H,7-9H2,1-2H3. The van der Waals surface area contributed by atoms with Crippen molar-refractivity contribution in [2.75, 3.05) is 12.8 Å². The smallest absolute Gasteiger partial charge is 0.0303 e. The van der Waals surface area contributed by atoms with E-state index in [-0.39, 0.29) is 0 Å². The van der Waals surface area contributed by atoms with Crippen molar-refractivity contribution in [2.45, 2.75) is 30.6 Å². The molecule has 1 aromatic rings. The second-order valence-corrected chi connectivity index (χ2v) is 6.64. The van der Waals surface area contributed by atoms with Crippen LogP contribution in [0.3, 0.4) is 0 Å². The largest absolute Gasteiger partial charge is 0.309 e. The highest BCUT2D eigenvalue weighted by Crippen LogP contribution is 2.46. The van der Waals surface area contributed by atoms with Gasteiger partial charge in [-0.1, -0.05) is 34.1 Å². The van der Waals surface area contributed by atoms with E-state index in [1.807, 2.05) is 11.8 Å². The van der Waals surface area contributed by atoms with E-state index in [2.05, 4.69) is 58.7 Å². The van der Waals surface area contributed by atoms with Gasteiger partial charge in [0.1, 0.15) is 0 Å². The number of hydrogen-bond donors (Lipinski definition) is 1. The first-order chi connectivity index (χ1) is 7.67. The molecule has 0 heterocycles. The van der Waals surface area contributed by atoms with Crippen molar-refractivity contribution in [2.24, 2.45) is 0 Å². The second-order valence-electron chi connectivity index (χ2n) is 4.51. The lowest BCUT2D eigenvalue weighted by Crippen LogP contribution is -2.28. The Morgan fingerprint density at radius 3 is 2.69 bits per heavy atom. The lowest BCUT2D eigenvalue weighted by Gasteiger charge is -2.19. The van der Waals surface area contributed by atoms with Gasteiger partial charge in [0.25, 0.3) is 0 Å². The van der Waals surface area contributed by atoms with Gasteiger partial charge in [-0.25, -0.2) is 0 Å². The van der Waals surface area contributed by atoms with Crippen LogP contribution >= 0.6 is 27.7 Å². The van der Waals surface area contributed by atoms with Crippen LogP contribution < -0.4 is 5.32 Å². The van der Waals surface area contributed by atoms with Gasteiger partial charge in [-0.3, -0.25) is 0 Å². The van der Waals surface area contributed by atoms with Crippen molar-refractivity contribution in [3.8, 4) is 0 Å². The lowest BCUT2D eigenvalue weighted by atomic mass is 10.1. The molecule has 88 valence electrons. The maximum atomic E-state index is 3.64. The van der Waals surface area contributed by atoms with E-state index < -0.39 is 0 Å². The molecular formula is C13H18BrNS. The molecule has 1 aliphatic rings. The summed E-state index contributed by atoms with van der Waals surface area (Å²) in [5, 5.41) is 3.64. The molecule has 1 aliphatic carbocycles. The van der Waals surface area contributed by atoms with E-state index in [0.717, 1.165) is 6.54 Å². The quantitative estimate of drug-likeness (QED) is 0.882. The molecule has 1 fully saturated rings. The minimum absolute atomic E-state index is 0.417.